The highest BCUT2D eigenvalue weighted by Gasteiger charge is 2.39. The van der Waals surface area contributed by atoms with Crippen LogP contribution in [0.5, 0.6) is 0 Å². The van der Waals surface area contributed by atoms with Crippen LogP contribution in [0.2, 0.25) is 0 Å². The fraction of sp³-hybridized carbons (Fsp3) is 0.667. The Balaban J connectivity index is 1.65. The lowest BCUT2D eigenvalue weighted by molar-refractivity contribution is 0.0606. The number of carbonyl (C=O) groups is 1. The van der Waals surface area contributed by atoms with Gasteiger partial charge < -0.3 is 10.1 Å². The lowest BCUT2D eigenvalue weighted by Gasteiger charge is -2.22. The van der Waals surface area contributed by atoms with Crippen molar-refractivity contribution in [2.24, 2.45) is 11.8 Å². The zero-order valence-corrected chi connectivity index (χ0v) is 10.6. The second-order valence-corrected chi connectivity index (χ2v) is 5.98. The molecular formula is C12H16N2O2S. The fourth-order valence-corrected chi connectivity index (χ4v) is 3.91. The molecule has 1 aromatic heterocycles. The molecule has 1 N–H and O–H groups in total. The summed E-state index contributed by atoms with van der Waals surface area (Å²) in [5.41, 5.74) is 0. The lowest BCUT2D eigenvalue weighted by Crippen LogP contribution is -2.25. The number of carbonyl (C=O) groups excluding carboxylic acids is 1. The van der Waals surface area contributed by atoms with Crippen molar-refractivity contribution in [1.29, 1.82) is 0 Å². The first-order chi connectivity index (χ1) is 8.26. The molecule has 1 heterocycles. The van der Waals surface area contributed by atoms with Crippen LogP contribution in [0.15, 0.2) is 6.20 Å². The molecule has 0 saturated heterocycles. The Labute approximate surface area is 104 Å². The van der Waals surface area contributed by atoms with Gasteiger partial charge >= 0.3 is 5.97 Å². The van der Waals surface area contributed by atoms with Crippen LogP contribution in [0.1, 0.15) is 35.4 Å². The number of ether oxygens (including phenoxy) is 1. The minimum atomic E-state index is -0.302. The summed E-state index contributed by atoms with van der Waals surface area (Å²) in [7, 11) is 1.39. The van der Waals surface area contributed by atoms with Crippen LogP contribution in [0, 0.1) is 11.8 Å². The Morgan fingerprint density at radius 2 is 2.41 bits per heavy atom. The Morgan fingerprint density at radius 3 is 3.06 bits per heavy atom. The quantitative estimate of drug-likeness (QED) is 0.840. The number of thiazole rings is 1. The third-order valence-corrected chi connectivity index (χ3v) is 4.85. The van der Waals surface area contributed by atoms with Crippen molar-refractivity contribution in [3.05, 3.63) is 11.1 Å². The van der Waals surface area contributed by atoms with Crippen LogP contribution in [0.3, 0.4) is 0 Å². The Morgan fingerprint density at radius 1 is 1.53 bits per heavy atom. The highest BCUT2D eigenvalue weighted by atomic mass is 32.1. The van der Waals surface area contributed by atoms with Crippen molar-refractivity contribution < 1.29 is 9.53 Å². The summed E-state index contributed by atoms with van der Waals surface area (Å²) in [6, 6.07) is 0.561. The molecule has 1 aromatic rings. The van der Waals surface area contributed by atoms with Gasteiger partial charge in [-0.25, -0.2) is 9.78 Å². The van der Waals surface area contributed by atoms with E-state index < -0.39 is 0 Å². The van der Waals surface area contributed by atoms with Gasteiger partial charge in [-0.2, -0.15) is 0 Å². The van der Waals surface area contributed by atoms with E-state index in [0.717, 1.165) is 17.0 Å². The summed E-state index contributed by atoms with van der Waals surface area (Å²) in [6.45, 7) is 0. The van der Waals surface area contributed by atoms with E-state index in [1.807, 2.05) is 0 Å². The topological polar surface area (TPSA) is 51.2 Å². The molecular weight excluding hydrogens is 236 g/mol. The molecule has 17 heavy (non-hydrogen) atoms. The first-order valence-corrected chi connectivity index (χ1v) is 6.88. The van der Waals surface area contributed by atoms with Gasteiger partial charge in [-0.15, -0.1) is 0 Å². The van der Waals surface area contributed by atoms with E-state index in [4.69, 9.17) is 0 Å². The van der Waals surface area contributed by atoms with Gasteiger partial charge in [-0.05, 0) is 31.1 Å². The van der Waals surface area contributed by atoms with Gasteiger partial charge in [0.2, 0.25) is 0 Å². The summed E-state index contributed by atoms with van der Waals surface area (Å²) in [5.74, 6) is 1.42. The van der Waals surface area contributed by atoms with Crippen LogP contribution in [-0.4, -0.2) is 24.1 Å². The van der Waals surface area contributed by atoms with E-state index in [1.165, 1.54) is 44.1 Å². The first-order valence-electron chi connectivity index (χ1n) is 6.07. The predicted molar refractivity (Wildman–Crippen MR) is 66.3 cm³/mol. The molecule has 0 spiro atoms. The number of esters is 1. The molecule has 3 rings (SSSR count). The fourth-order valence-electron chi connectivity index (χ4n) is 3.12. The SMILES string of the molecule is COC(=O)c1cnc(NC2CC3CCC2C3)s1. The Bertz CT molecular complexity index is 432. The Hall–Kier alpha value is -1.10. The van der Waals surface area contributed by atoms with Gasteiger partial charge in [0.25, 0.3) is 0 Å². The maximum Gasteiger partial charge on any atom is 0.349 e. The number of methoxy groups -OCH3 is 1. The highest BCUT2D eigenvalue weighted by Crippen LogP contribution is 2.45. The minimum absolute atomic E-state index is 0.302. The van der Waals surface area contributed by atoms with Crippen molar-refractivity contribution in [1.82, 2.24) is 4.98 Å². The van der Waals surface area contributed by atoms with E-state index in [9.17, 15) is 4.79 Å². The summed E-state index contributed by atoms with van der Waals surface area (Å²) in [6.07, 6.45) is 6.96. The smallest absolute Gasteiger partial charge is 0.349 e. The highest BCUT2D eigenvalue weighted by molar-refractivity contribution is 7.17. The van der Waals surface area contributed by atoms with Crippen molar-refractivity contribution in [2.45, 2.75) is 31.7 Å². The number of anilines is 1. The summed E-state index contributed by atoms with van der Waals surface area (Å²) in [5, 5.41) is 4.32. The van der Waals surface area contributed by atoms with Crippen LogP contribution < -0.4 is 5.32 Å². The third-order valence-electron chi connectivity index (χ3n) is 3.94. The summed E-state index contributed by atoms with van der Waals surface area (Å²) in [4.78, 5) is 16.1. The second kappa shape index (κ2) is 4.29. The second-order valence-electron chi connectivity index (χ2n) is 4.95. The van der Waals surface area contributed by atoms with Gasteiger partial charge in [0.05, 0.1) is 13.3 Å². The van der Waals surface area contributed by atoms with Crippen molar-refractivity contribution in [3.63, 3.8) is 0 Å². The molecule has 2 aliphatic carbocycles. The molecule has 2 bridgehead atoms. The number of hydrogen-bond donors (Lipinski definition) is 1. The third kappa shape index (κ3) is 2.04. The maximum absolute atomic E-state index is 11.3. The van der Waals surface area contributed by atoms with Crippen molar-refractivity contribution in [3.8, 4) is 0 Å². The predicted octanol–water partition coefficient (Wildman–Crippen LogP) is 2.53. The molecule has 5 heteroatoms. The van der Waals surface area contributed by atoms with Crippen LogP contribution >= 0.6 is 11.3 Å². The number of nitrogens with one attached hydrogen (secondary N) is 1. The van der Waals surface area contributed by atoms with Crippen molar-refractivity contribution >= 4 is 22.4 Å². The molecule has 0 aromatic carbocycles. The molecule has 4 nitrogen and oxygen atoms in total. The molecule has 0 amide bonds. The zero-order chi connectivity index (χ0) is 11.8. The van der Waals surface area contributed by atoms with E-state index in [-0.39, 0.29) is 5.97 Å². The molecule has 2 fully saturated rings. The molecule has 2 saturated carbocycles. The van der Waals surface area contributed by atoms with Crippen molar-refractivity contribution in [2.75, 3.05) is 12.4 Å². The number of aromatic nitrogens is 1. The number of rotatable bonds is 3. The van der Waals surface area contributed by atoms with Crippen LogP contribution in [0.4, 0.5) is 5.13 Å². The zero-order valence-electron chi connectivity index (χ0n) is 9.81. The molecule has 2 aliphatic rings. The molecule has 0 aliphatic heterocycles. The van der Waals surface area contributed by atoms with Gasteiger partial charge in [0.1, 0.15) is 4.88 Å². The number of fused-ring (bicyclic) bond motifs is 2. The van der Waals surface area contributed by atoms with Gasteiger partial charge in [-0.1, -0.05) is 17.8 Å². The largest absolute Gasteiger partial charge is 0.465 e. The van der Waals surface area contributed by atoms with Crippen LogP contribution in [-0.2, 0) is 4.74 Å². The first kappa shape index (κ1) is 11.0. The molecule has 92 valence electrons. The average Bonchev–Trinajstić information content (AvgIpc) is 3.03. The Kier molecular flexibility index (Phi) is 2.78. The van der Waals surface area contributed by atoms with Gasteiger partial charge in [0.15, 0.2) is 5.13 Å². The maximum atomic E-state index is 11.3. The minimum Gasteiger partial charge on any atom is -0.465 e. The average molecular weight is 252 g/mol. The van der Waals surface area contributed by atoms with Gasteiger partial charge in [-0.3, -0.25) is 0 Å². The number of hydrogen-bond acceptors (Lipinski definition) is 5. The lowest BCUT2D eigenvalue weighted by atomic mass is 9.96. The molecule has 0 radical (unpaired) electrons. The molecule has 3 atom stereocenters. The molecule has 3 unspecified atom stereocenters. The van der Waals surface area contributed by atoms with Crippen LogP contribution in [0.25, 0.3) is 0 Å². The van der Waals surface area contributed by atoms with Gasteiger partial charge in [0, 0.05) is 6.04 Å². The van der Waals surface area contributed by atoms with E-state index in [0.29, 0.717) is 10.9 Å². The monoisotopic (exact) mass is 252 g/mol. The normalized spacial score (nSPS) is 30.5. The van der Waals surface area contributed by atoms with E-state index >= 15 is 0 Å². The number of nitrogens with zero attached hydrogens (tertiary/aromatic N) is 1. The van der Waals surface area contributed by atoms with E-state index in [2.05, 4.69) is 15.0 Å². The van der Waals surface area contributed by atoms with E-state index in [1.54, 1.807) is 6.20 Å². The standard InChI is InChI=1S/C12H16N2O2S/c1-16-11(15)10-6-13-12(17-10)14-9-5-7-2-3-8(9)4-7/h6-9H,2-5H2,1H3,(H,13,14). The summed E-state index contributed by atoms with van der Waals surface area (Å²) >= 11 is 1.38. The summed E-state index contributed by atoms with van der Waals surface area (Å²) < 4.78 is 4.67.